The van der Waals surface area contributed by atoms with Gasteiger partial charge in [-0.1, -0.05) is 26.2 Å². The van der Waals surface area contributed by atoms with Crippen LogP contribution in [0.3, 0.4) is 0 Å². The van der Waals surface area contributed by atoms with Crippen LogP contribution < -0.4 is 10.6 Å². The largest absolute Gasteiger partial charge is 0.352 e. The number of carbonyl (C=O) groups is 3. The van der Waals surface area contributed by atoms with Crippen molar-refractivity contribution in [2.45, 2.75) is 83.3 Å². The van der Waals surface area contributed by atoms with E-state index < -0.39 is 6.04 Å². The summed E-state index contributed by atoms with van der Waals surface area (Å²) in [7, 11) is 0. The zero-order valence-electron chi connectivity index (χ0n) is 14.3. The van der Waals surface area contributed by atoms with Crippen LogP contribution in [-0.4, -0.2) is 47.3 Å². The molecular formula is C17H29N3O3. The number of likely N-dealkylation sites (tertiary alicyclic amines) is 1. The molecule has 1 heterocycles. The summed E-state index contributed by atoms with van der Waals surface area (Å²) in [5.74, 6) is -0.335. The highest BCUT2D eigenvalue weighted by molar-refractivity contribution is 5.92. The molecule has 2 atom stereocenters. The molecule has 23 heavy (non-hydrogen) atoms. The first kappa shape index (κ1) is 17.8. The lowest BCUT2D eigenvalue weighted by molar-refractivity contribution is -0.141. The summed E-state index contributed by atoms with van der Waals surface area (Å²) in [6.45, 7) is 4.03. The van der Waals surface area contributed by atoms with Gasteiger partial charge in [0.15, 0.2) is 0 Å². The molecule has 1 saturated carbocycles. The fourth-order valence-electron chi connectivity index (χ4n) is 3.50. The van der Waals surface area contributed by atoms with Crippen LogP contribution in [0, 0.1) is 0 Å². The SMILES string of the molecule is CCC(=O)N[C@@H](C)C(=O)N1CCC[C@H]1C(=O)NC1CCCCC1. The van der Waals surface area contributed by atoms with Crippen LogP contribution in [0.1, 0.15) is 65.2 Å². The maximum absolute atomic E-state index is 12.5. The second kappa shape index (κ2) is 8.31. The van der Waals surface area contributed by atoms with Crippen LogP contribution in [-0.2, 0) is 14.4 Å². The van der Waals surface area contributed by atoms with Crippen LogP contribution in [0.4, 0.5) is 0 Å². The molecule has 0 aromatic carbocycles. The minimum Gasteiger partial charge on any atom is -0.352 e. The fourth-order valence-corrected chi connectivity index (χ4v) is 3.50. The monoisotopic (exact) mass is 323 g/mol. The molecule has 2 aliphatic rings. The Labute approximate surface area is 138 Å². The van der Waals surface area contributed by atoms with Gasteiger partial charge in [-0.25, -0.2) is 0 Å². The average Bonchev–Trinajstić information content (AvgIpc) is 3.04. The highest BCUT2D eigenvalue weighted by atomic mass is 16.2. The highest BCUT2D eigenvalue weighted by Crippen LogP contribution is 2.21. The number of hydrogen-bond acceptors (Lipinski definition) is 3. The van der Waals surface area contributed by atoms with Gasteiger partial charge in [0.25, 0.3) is 0 Å². The fraction of sp³-hybridized carbons (Fsp3) is 0.824. The molecule has 2 fully saturated rings. The second-order valence-corrected chi connectivity index (χ2v) is 6.68. The molecule has 1 aliphatic heterocycles. The lowest BCUT2D eigenvalue weighted by Gasteiger charge is -2.29. The van der Waals surface area contributed by atoms with E-state index >= 15 is 0 Å². The van der Waals surface area contributed by atoms with E-state index in [4.69, 9.17) is 0 Å². The molecule has 3 amide bonds. The lowest BCUT2D eigenvalue weighted by atomic mass is 9.95. The van der Waals surface area contributed by atoms with Crippen LogP contribution in [0.15, 0.2) is 0 Å². The van der Waals surface area contributed by atoms with Gasteiger partial charge < -0.3 is 15.5 Å². The first-order valence-electron chi connectivity index (χ1n) is 8.93. The number of amides is 3. The minimum absolute atomic E-state index is 0.0308. The van der Waals surface area contributed by atoms with Gasteiger partial charge in [-0.3, -0.25) is 14.4 Å². The van der Waals surface area contributed by atoms with Gasteiger partial charge in [0.05, 0.1) is 0 Å². The predicted octanol–water partition coefficient (Wildman–Crippen LogP) is 1.34. The van der Waals surface area contributed by atoms with Crippen molar-refractivity contribution >= 4 is 17.7 Å². The third-order valence-electron chi connectivity index (χ3n) is 4.86. The van der Waals surface area contributed by atoms with Crippen LogP contribution in [0.5, 0.6) is 0 Å². The Morgan fingerprint density at radius 1 is 1.09 bits per heavy atom. The summed E-state index contributed by atoms with van der Waals surface area (Å²) < 4.78 is 0. The number of nitrogens with one attached hydrogen (secondary N) is 2. The van der Waals surface area contributed by atoms with Crippen LogP contribution in [0.2, 0.25) is 0 Å². The third-order valence-corrected chi connectivity index (χ3v) is 4.86. The van der Waals surface area contributed by atoms with Gasteiger partial charge in [-0.15, -0.1) is 0 Å². The normalized spacial score (nSPS) is 23.4. The van der Waals surface area contributed by atoms with Crippen molar-refractivity contribution < 1.29 is 14.4 Å². The number of hydrogen-bond donors (Lipinski definition) is 2. The Balaban J connectivity index is 1.91. The van der Waals surface area contributed by atoms with Crippen molar-refractivity contribution in [2.75, 3.05) is 6.54 Å². The van der Waals surface area contributed by atoms with Gasteiger partial charge >= 0.3 is 0 Å². The Morgan fingerprint density at radius 2 is 1.78 bits per heavy atom. The molecule has 1 aliphatic carbocycles. The molecule has 0 radical (unpaired) electrons. The van der Waals surface area contributed by atoms with Crippen LogP contribution in [0.25, 0.3) is 0 Å². The quantitative estimate of drug-likeness (QED) is 0.801. The molecule has 6 nitrogen and oxygen atoms in total. The zero-order chi connectivity index (χ0) is 16.8. The van der Waals surface area contributed by atoms with E-state index in [1.54, 1.807) is 18.7 Å². The molecule has 0 aromatic rings. The smallest absolute Gasteiger partial charge is 0.245 e. The maximum atomic E-state index is 12.5. The van der Waals surface area contributed by atoms with Crippen LogP contribution >= 0.6 is 0 Å². The van der Waals surface area contributed by atoms with E-state index in [1.165, 1.54) is 19.3 Å². The van der Waals surface area contributed by atoms with Crippen molar-refractivity contribution in [1.82, 2.24) is 15.5 Å². The Hall–Kier alpha value is -1.59. The van der Waals surface area contributed by atoms with Gasteiger partial charge in [0, 0.05) is 19.0 Å². The summed E-state index contributed by atoms with van der Waals surface area (Å²) in [5, 5.41) is 5.80. The lowest BCUT2D eigenvalue weighted by Crippen LogP contribution is -2.53. The molecule has 0 spiro atoms. The Bertz CT molecular complexity index is 446. The zero-order valence-corrected chi connectivity index (χ0v) is 14.3. The minimum atomic E-state index is -0.578. The van der Waals surface area contributed by atoms with Gasteiger partial charge in [0.2, 0.25) is 17.7 Å². The summed E-state index contributed by atoms with van der Waals surface area (Å²) in [4.78, 5) is 38.2. The second-order valence-electron chi connectivity index (χ2n) is 6.68. The van der Waals surface area contributed by atoms with E-state index in [0.717, 1.165) is 19.3 Å². The summed E-state index contributed by atoms with van der Waals surface area (Å²) in [5.41, 5.74) is 0. The highest BCUT2D eigenvalue weighted by Gasteiger charge is 2.36. The topological polar surface area (TPSA) is 78.5 Å². The first-order chi connectivity index (χ1) is 11.0. The van der Waals surface area contributed by atoms with Gasteiger partial charge in [-0.2, -0.15) is 0 Å². The van der Waals surface area contributed by atoms with E-state index in [1.807, 2.05) is 0 Å². The standard InChI is InChI=1S/C17H29N3O3/c1-3-15(21)18-12(2)17(23)20-11-7-10-14(20)16(22)19-13-8-5-4-6-9-13/h12-14H,3-11H2,1-2H3,(H,18,21)(H,19,22)/t12-,14-/m0/s1. The van der Waals surface area contributed by atoms with Crippen molar-refractivity contribution in [3.63, 3.8) is 0 Å². The Kier molecular flexibility index (Phi) is 6.42. The summed E-state index contributed by atoms with van der Waals surface area (Å²) in [6.07, 6.45) is 7.54. The Morgan fingerprint density at radius 3 is 2.43 bits per heavy atom. The molecule has 0 unspecified atom stereocenters. The number of carbonyl (C=O) groups excluding carboxylic acids is 3. The van der Waals surface area contributed by atoms with Crippen molar-refractivity contribution in [1.29, 1.82) is 0 Å². The van der Waals surface area contributed by atoms with Crippen molar-refractivity contribution in [3.8, 4) is 0 Å². The molecule has 2 N–H and O–H groups in total. The summed E-state index contributed by atoms with van der Waals surface area (Å²) >= 11 is 0. The third kappa shape index (κ3) is 4.69. The maximum Gasteiger partial charge on any atom is 0.245 e. The van der Waals surface area contributed by atoms with E-state index in [2.05, 4.69) is 10.6 Å². The van der Waals surface area contributed by atoms with Crippen molar-refractivity contribution in [2.24, 2.45) is 0 Å². The number of nitrogens with zero attached hydrogens (tertiary/aromatic N) is 1. The molecule has 130 valence electrons. The molecule has 6 heteroatoms. The summed E-state index contributed by atoms with van der Waals surface area (Å²) in [6, 6.07) is -0.707. The van der Waals surface area contributed by atoms with E-state index in [9.17, 15) is 14.4 Å². The first-order valence-corrected chi connectivity index (χ1v) is 8.93. The molecular weight excluding hydrogens is 294 g/mol. The predicted molar refractivity (Wildman–Crippen MR) is 87.6 cm³/mol. The van der Waals surface area contributed by atoms with Gasteiger partial charge in [-0.05, 0) is 32.6 Å². The van der Waals surface area contributed by atoms with E-state index in [-0.39, 0.29) is 29.8 Å². The molecule has 1 saturated heterocycles. The molecule has 0 aromatic heterocycles. The molecule has 0 bridgehead atoms. The average molecular weight is 323 g/mol. The number of rotatable bonds is 5. The van der Waals surface area contributed by atoms with Gasteiger partial charge in [0.1, 0.15) is 12.1 Å². The van der Waals surface area contributed by atoms with E-state index in [0.29, 0.717) is 19.4 Å². The van der Waals surface area contributed by atoms with Crippen molar-refractivity contribution in [3.05, 3.63) is 0 Å². The molecule has 2 rings (SSSR count).